The Morgan fingerprint density at radius 2 is 2.29 bits per heavy atom. The van der Waals surface area contributed by atoms with Crippen LogP contribution in [0.15, 0.2) is 18.2 Å². The first kappa shape index (κ1) is 12.0. The van der Waals surface area contributed by atoms with E-state index in [-0.39, 0.29) is 11.8 Å². The first-order valence-corrected chi connectivity index (χ1v) is 5.62. The highest BCUT2D eigenvalue weighted by Gasteiger charge is 2.28. The molecule has 2 unspecified atom stereocenters. The summed E-state index contributed by atoms with van der Waals surface area (Å²) in [6.45, 7) is 2.32. The number of benzene rings is 1. The van der Waals surface area contributed by atoms with E-state index in [0.717, 1.165) is 5.56 Å². The average Bonchev–Trinajstić information content (AvgIpc) is 2.28. The number of aliphatic hydroxyl groups is 1. The molecule has 17 heavy (non-hydrogen) atoms. The predicted octanol–water partition coefficient (Wildman–Crippen LogP) is 2.12. The van der Waals surface area contributed by atoms with E-state index in [9.17, 15) is 15.2 Å². The third kappa shape index (κ3) is 2.62. The fraction of sp³-hybridized carbons (Fsp3) is 0.500. The van der Waals surface area contributed by atoms with Gasteiger partial charge in [0.25, 0.3) is 5.69 Å². The largest absolute Gasteiger partial charge is 0.393 e. The van der Waals surface area contributed by atoms with E-state index in [2.05, 4.69) is 0 Å². The maximum Gasteiger partial charge on any atom is 0.275 e. The van der Waals surface area contributed by atoms with Crippen LogP contribution >= 0.6 is 0 Å². The van der Waals surface area contributed by atoms with Gasteiger partial charge in [-0.25, -0.2) is 0 Å². The minimum Gasteiger partial charge on any atom is -0.393 e. The molecule has 2 atom stereocenters. The van der Waals surface area contributed by atoms with Gasteiger partial charge in [0.1, 0.15) is 0 Å². The molecule has 0 spiro atoms. The van der Waals surface area contributed by atoms with Crippen LogP contribution in [0.25, 0.3) is 0 Å². The molecular formula is C12H15NO4. The van der Waals surface area contributed by atoms with E-state index in [0.29, 0.717) is 25.0 Å². The van der Waals surface area contributed by atoms with Crippen molar-refractivity contribution in [3.05, 3.63) is 39.4 Å². The van der Waals surface area contributed by atoms with Crippen molar-refractivity contribution >= 4 is 5.69 Å². The second-order valence-electron chi connectivity index (χ2n) is 4.36. The molecule has 0 aromatic heterocycles. The summed E-state index contributed by atoms with van der Waals surface area (Å²) in [5.74, 6) is 0. The summed E-state index contributed by atoms with van der Waals surface area (Å²) in [5, 5.41) is 20.5. The number of rotatable bonds is 2. The predicted molar refractivity (Wildman–Crippen MR) is 61.8 cm³/mol. The van der Waals surface area contributed by atoms with Gasteiger partial charge in [-0.1, -0.05) is 11.6 Å². The van der Waals surface area contributed by atoms with Gasteiger partial charge in [-0.2, -0.15) is 0 Å². The average molecular weight is 237 g/mol. The van der Waals surface area contributed by atoms with Crippen molar-refractivity contribution in [1.82, 2.24) is 0 Å². The lowest BCUT2D eigenvalue weighted by atomic mass is 9.97. The number of nitro groups is 1. The Hall–Kier alpha value is -1.46. The van der Waals surface area contributed by atoms with Crippen LogP contribution in [-0.4, -0.2) is 22.7 Å². The fourth-order valence-corrected chi connectivity index (χ4v) is 2.09. The van der Waals surface area contributed by atoms with E-state index >= 15 is 0 Å². The molecule has 0 bridgehead atoms. The van der Waals surface area contributed by atoms with Crippen molar-refractivity contribution in [2.24, 2.45) is 0 Å². The molecular weight excluding hydrogens is 222 g/mol. The molecule has 1 aliphatic rings. The third-order valence-corrected chi connectivity index (χ3v) is 2.98. The lowest BCUT2D eigenvalue weighted by molar-refractivity contribution is -0.386. The summed E-state index contributed by atoms with van der Waals surface area (Å²) in [5.41, 5.74) is 1.58. The summed E-state index contributed by atoms with van der Waals surface area (Å²) in [4.78, 5) is 10.5. The van der Waals surface area contributed by atoms with Crippen LogP contribution in [-0.2, 0) is 4.74 Å². The molecule has 1 fully saturated rings. The summed E-state index contributed by atoms with van der Waals surface area (Å²) in [6, 6.07) is 4.97. The molecule has 5 heteroatoms. The summed E-state index contributed by atoms with van der Waals surface area (Å²) in [7, 11) is 0. The van der Waals surface area contributed by atoms with Crippen LogP contribution in [0, 0.1) is 17.0 Å². The number of ether oxygens (including phenoxy) is 1. The molecule has 1 saturated heterocycles. The molecule has 2 rings (SSSR count). The van der Waals surface area contributed by atoms with Gasteiger partial charge < -0.3 is 9.84 Å². The molecule has 92 valence electrons. The van der Waals surface area contributed by atoms with Gasteiger partial charge in [0.15, 0.2) is 0 Å². The topological polar surface area (TPSA) is 72.6 Å². The molecule has 0 aliphatic carbocycles. The minimum absolute atomic E-state index is 0.0645. The Balaban J connectivity index is 2.35. The van der Waals surface area contributed by atoms with E-state index in [4.69, 9.17) is 4.74 Å². The summed E-state index contributed by atoms with van der Waals surface area (Å²) < 4.78 is 5.52. The van der Waals surface area contributed by atoms with Crippen molar-refractivity contribution in [2.45, 2.75) is 32.0 Å². The quantitative estimate of drug-likeness (QED) is 0.631. The first-order valence-electron chi connectivity index (χ1n) is 5.62. The second-order valence-corrected chi connectivity index (χ2v) is 4.36. The fourth-order valence-electron chi connectivity index (χ4n) is 2.09. The Morgan fingerprint density at radius 3 is 2.94 bits per heavy atom. The van der Waals surface area contributed by atoms with Gasteiger partial charge in [-0.3, -0.25) is 10.1 Å². The van der Waals surface area contributed by atoms with Gasteiger partial charge in [0, 0.05) is 19.1 Å². The SMILES string of the molecule is Cc1ccc([N+](=O)[O-])c(C2CC(O)CCO2)c1. The highest BCUT2D eigenvalue weighted by Crippen LogP contribution is 2.34. The summed E-state index contributed by atoms with van der Waals surface area (Å²) >= 11 is 0. The van der Waals surface area contributed by atoms with Crippen molar-refractivity contribution in [3.63, 3.8) is 0 Å². The molecule has 1 heterocycles. The van der Waals surface area contributed by atoms with Crippen LogP contribution in [0.4, 0.5) is 5.69 Å². The molecule has 1 aliphatic heterocycles. The second kappa shape index (κ2) is 4.81. The molecule has 0 amide bonds. The third-order valence-electron chi connectivity index (χ3n) is 2.98. The number of aliphatic hydroxyl groups excluding tert-OH is 1. The first-order chi connectivity index (χ1) is 8.08. The minimum atomic E-state index is -0.436. The zero-order valence-electron chi connectivity index (χ0n) is 9.63. The smallest absolute Gasteiger partial charge is 0.275 e. The van der Waals surface area contributed by atoms with Crippen molar-refractivity contribution in [3.8, 4) is 0 Å². The maximum atomic E-state index is 10.9. The Morgan fingerprint density at radius 1 is 1.53 bits per heavy atom. The molecule has 1 aromatic carbocycles. The van der Waals surface area contributed by atoms with Gasteiger partial charge in [0.05, 0.1) is 22.7 Å². The number of nitrogens with zero attached hydrogens (tertiary/aromatic N) is 1. The normalized spacial score (nSPS) is 24.6. The molecule has 1 aromatic rings. The zero-order valence-corrected chi connectivity index (χ0v) is 9.63. The van der Waals surface area contributed by atoms with Crippen LogP contribution in [0.3, 0.4) is 0 Å². The number of hydrogen-bond acceptors (Lipinski definition) is 4. The van der Waals surface area contributed by atoms with E-state index in [1.807, 2.05) is 6.92 Å². The van der Waals surface area contributed by atoms with E-state index < -0.39 is 11.0 Å². The summed E-state index contributed by atoms with van der Waals surface area (Å²) in [6.07, 6.45) is 0.202. The zero-order chi connectivity index (χ0) is 12.4. The Labute approximate surface area is 99.2 Å². The number of aryl methyl sites for hydroxylation is 1. The monoisotopic (exact) mass is 237 g/mol. The highest BCUT2D eigenvalue weighted by atomic mass is 16.6. The number of nitro benzene ring substituents is 1. The van der Waals surface area contributed by atoms with E-state index in [1.165, 1.54) is 6.07 Å². The number of hydrogen-bond donors (Lipinski definition) is 1. The van der Waals surface area contributed by atoms with Crippen LogP contribution in [0.1, 0.15) is 30.1 Å². The van der Waals surface area contributed by atoms with Gasteiger partial charge >= 0.3 is 0 Å². The molecule has 0 saturated carbocycles. The Kier molecular flexibility index (Phi) is 3.40. The van der Waals surface area contributed by atoms with Crippen LogP contribution < -0.4 is 0 Å². The maximum absolute atomic E-state index is 10.9. The molecule has 1 N–H and O–H groups in total. The molecule has 5 nitrogen and oxygen atoms in total. The van der Waals surface area contributed by atoms with Crippen LogP contribution in [0.2, 0.25) is 0 Å². The van der Waals surface area contributed by atoms with E-state index in [1.54, 1.807) is 12.1 Å². The lowest BCUT2D eigenvalue weighted by Crippen LogP contribution is -2.24. The molecule has 0 radical (unpaired) electrons. The van der Waals surface area contributed by atoms with Crippen molar-refractivity contribution in [1.29, 1.82) is 0 Å². The van der Waals surface area contributed by atoms with Gasteiger partial charge in [-0.05, 0) is 19.4 Å². The van der Waals surface area contributed by atoms with Crippen LogP contribution in [0.5, 0.6) is 0 Å². The van der Waals surface area contributed by atoms with Gasteiger partial charge in [0.2, 0.25) is 0 Å². The standard InChI is InChI=1S/C12H15NO4/c1-8-2-3-11(13(15)16)10(6-8)12-7-9(14)4-5-17-12/h2-3,6,9,12,14H,4-5,7H2,1H3. The lowest BCUT2D eigenvalue weighted by Gasteiger charge is -2.26. The Bertz CT molecular complexity index is 433. The van der Waals surface area contributed by atoms with Gasteiger partial charge in [-0.15, -0.1) is 0 Å². The van der Waals surface area contributed by atoms with Crippen molar-refractivity contribution in [2.75, 3.05) is 6.61 Å². The van der Waals surface area contributed by atoms with Crippen molar-refractivity contribution < 1.29 is 14.8 Å². The highest BCUT2D eigenvalue weighted by molar-refractivity contribution is 5.44.